The molecule has 0 aromatic carbocycles. The number of nitrogens with two attached hydrogens (primary N) is 1. The molecule has 0 spiro atoms. The summed E-state index contributed by atoms with van der Waals surface area (Å²) in [6, 6.07) is 0. The van der Waals surface area contributed by atoms with Crippen LogP contribution >= 0.6 is 7.52 Å². The highest BCUT2D eigenvalue weighted by Gasteiger charge is 2.40. The van der Waals surface area contributed by atoms with Gasteiger partial charge in [-0.3, -0.25) is 9.36 Å². The molecule has 1 saturated carbocycles. The van der Waals surface area contributed by atoms with Crippen molar-refractivity contribution < 1.29 is 23.5 Å². The van der Waals surface area contributed by atoms with Crippen LogP contribution in [0.15, 0.2) is 17.8 Å². The quantitative estimate of drug-likeness (QED) is 0.269. The van der Waals surface area contributed by atoms with Crippen LogP contribution in [0, 0.1) is 0 Å². The predicted octanol–water partition coefficient (Wildman–Crippen LogP) is 3.23. The number of hydrogen-bond acceptors (Lipinski definition) is 10. The molecule has 0 bridgehead atoms. The number of carbonyl (C=O) groups excluding carboxylic acids is 1. The van der Waals surface area contributed by atoms with Gasteiger partial charge in [0.25, 0.3) is 0 Å². The number of esters is 1. The second-order valence-electron chi connectivity index (χ2n) is 9.24. The molecule has 0 saturated heterocycles. The van der Waals surface area contributed by atoms with Crippen LogP contribution in [0.4, 0.5) is 5.82 Å². The largest absolute Gasteiger partial charge is 0.462 e. The van der Waals surface area contributed by atoms with E-state index in [-0.39, 0.29) is 12.5 Å². The van der Waals surface area contributed by atoms with Gasteiger partial charge in [0.15, 0.2) is 11.5 Å². The second kappa shape index (κ2) is 10.8. The maximum atomic E-state index is 13.7. The first kappa shape index (κ1) is 26.1. The molecule has 12 nitrogen and oxygen atoms in total. The SMILES string of the molecule is CC(C)OC(=O)C(C)(C)N[P@@](=O)(CO[C@H](C)Cn1cnc2c(N)ncnc21)ON=C1CCCC1. The molecule has 0 aliphatic heterocycles. The molecule has 0 amide bonds. The van der Waals surface area contributed by atoms with Crippen molar-refractivity contribution in [3.63, 3.8) is 0 Å². The molecule has 188 valence electrons. The Morgan fingerprint density at radius 1 is 1.26 bits per heavy atom. The molecule has 0 radical (unpaired) electrons. The monoisotopic (exact) mass is 495 g/mol. The van der Waals surface area contributed by atoms with Crippen molar-refractivity contribution in [1.82, 2.24) is 24.6 Å². The molecule has 3 N–H and O–H groups in total. The number of ether oxygens (including phenoxy) is 2. The van der Waals surface area contributed by atoms with Crippen LogP contribution in [0.2, 0.25) is 0 Å². The number of nitrogen functional groups attached to an aromatic ring is 1. The summed E-state index contributed by atoms with van der Waals surface area (Å²) in [7, 11) is -3.72. The van der Waals surface area contributed by atoms with Gasteiger partial charge < -0.3 is 24.4 Å². The van der Waals surface area contributed by atoms with Crippen molar-refractivity contribution in [3.8, 4) is 0 Å². The number of imidazole rings is 1. The van der Waals surface area contributed by atoms with Gasteiger partial charge in [-0.1, -0.05) is 5.16 Å². The maximum absolute atomic E-state index is 13.7. The number of aromatic nitrogens is 4. The van der Waals surface area contributed by atoms with E-state index in [4.69, 9.17) is 19.8 Å². The summed E-state index contributed by atoms with van der Waals surface area (Å²) in [6.07, 6.45) is 5.61. The van der Waals surface area contributed by atoms with E-state index in [0.717, 1.165) is 31.4 Å². The van der Waals surface area contributed by atoms with Gasteiger partial charge in [-0.15, -0.1) is 0 Å². The van der Waals surface area contributed by atoms with E-state index in [1.165, 1.54) is 6.33 Å². The molecule has 1 aliphatic carbocycles. The Labute approximate surface area is 199 Å². The highest BCUT2D eigenvalue weighted by Crippen LogP contribution is 2.46. The molecule has 1 fully saturated rings. The molecule has 34 heavy (non-hydrogen) atoms. The second-order valence-corrected chi connectivity index (χ2v) is 11.2. The number of nitrogens with one attached hydrogen (secondary N) is 1. The highest BCUT2D eigenvalue weighted by atomic mass is 31.2. The van der Waals surface area contributed by atoms with Gasteiger partial charge >= 0.3 is 13.5 Å². The van der Waals surface area contributed by atoms with Gasteiger partial charge in [-0.2, -0.15) is 0 Å². The van der Waals surface area contributed by atoms with Crippen LogP contribution in [0.3, 0.4) is 0 Å². The summed E-state index contributed by atoms with van der Waals surface area (Å²) in [5.41, 5.74) is 6.49. The van der Waals surface area contributed by atoms with Crippen LogP contribution in [0.5, 0.6) is 0 Å². The van der Waals surface area contributed by atoms with Gasteiger partial charge in [-0.05, 0) is 60.3 Å². The molecular weight excluding hydrogens is 461 g/mol. The third-order valence-electron chi connectivity index (χ3n) is 5.20. The van der Waals surface area contributed by atoms with Gasteiger partial charge in [0.05, 0.1) is 30.8 Å². The summed E-state index contributed by atoms with van der Waals surface area (Å²) in [5.74, 6) is -0.254. The first-order valence-corrected chi connectivity index (χ1v) is 13.2. The molecular formula is C21H34N7O5P. The molecule has 3 rings (SSSR count). The van der Waals surface area contributed by atoms with E-state index in [0.29, 0.717) is 23.5 Å². The van der Waals surface area contributed by atoms with Crippen molar-refractivity contribution in [1.29, 1.82) is 0 Å². The van der Waals surface area contributed by atoms with Gasteiger partial charge in [0, 0.05) is 0 Å². The lowest BCUT2D eigenvalue weighted by atomic mass is 10.1. The Bertz CT molecular complexity index is 1080. The van der Waals surface area contributed by atoms with E-state index in [1.807, 2.05) is 6.92 Å². The molecule has 2 aromatic heterocycles. The first-order valence-electron chi connectivity index (χ1n) is 11.4. The van der Waals surface area contributed by atoms with Crippen molar-refractivity contribution in [2.75, 3.05) is 12.1 Å². The molecule has 13 heteroatoms. The van der Waals surface area contributed by atoms with Crippen molar-refractivity contribution in [3.05, 3.63) is 12.7 Å². The average Bonchev–Trinajstić information content (AvgIpc) is 3.41. The Kier molecular flexibility index (Phi) is 8.27. The Balaban J connectivity index is 1.70. The van der Waals surface area contributed by atoms with Crippen LogP contribution in [-0.4, -0.2) is 55.3 Å². The summed E-state index contributed by atoms with van der Waals surface area (Å²) in [6.45, 7) is 8.86. The fraction of sp³-hybridized carbons (Fsp3) is 0.667. The van der Waals surface area contributed by atoms with E-state index in [2.05, 4.69) is 25.2 Å². The molecule has 1 aliphatic rings. The maximum Gasteiger partial charge on any atom is 0.365 e. The fourth-order valence-electron chi connectivity index (χ4n) is 3.49. The third-order valence-corrected chi connectivity index (χ3v) is 6.93. The van der Waals surface area contributed by atoms with Crippen LogP contribution in [-0.2, 0) is 30.0 Å². The zero-order valence-corrected chi connectivity index (χ0v) is 21.2. The smallest absolute Gasteiger partial charge is 0.365 e. The fourth-order valence-corrected chi connectivity index (χ4v) is 5.29. The van der Waals surface area contributed by atoms with Crippen molar-refractivity contribution in [2.24, 2.45) is 5.16 Å². The number of carbonyl (C=O) groups is 1. The number of oxime groups is 1. The summed E-state index contributed by atoms with van der Waals surface area (Å²) < 4.78 is 32.2. The zero-order valence-electron chi connectivity index (χ0n) is 20.4. The van der Waals surface area contributed by atoms with Crippen molar-refractivity contribution in [2.45, 2.75) is 84.6 Å². The Hall–Kier alpha value is -2.56. The molecule has 2 atom stereocenters. The summed E-state index contributed by atoms with van der Waals surface area (Å²) in [4.78, 5) is 24.9. The van der Waals surface area contributed by atoms with Crippen LogP contribution < -0.4 is 10.8 Å². The minimum atomic E-state index is -3.72. The normalized spacial score (nSPS) is 17.1. The molecule has 0 unspecified atom stereocenters. The minimum absolute atomic E-state index is 0.293. The van der Waals surface area contributed by atoms with E-state index in [9.17, 15) is 9.36 Å². The molecule has 2 aromatic rings. The zero-order chi connectivity index (χ0) is 24.9. The lowest BCUT2D eigenvalue weighted by Crippen LogP contribution is -2.47. The van der Waals surface area contributed by atoms with Crippen LogP contribution in [0.1, 0.15) is 60.3 Å². The average molecular weight is 496 g/mol. The van der Waals surface area contributed by atoms with E-state index in [1.54, 1.807) is 38.6 Å². The van der Waals surface area contributed by atoms with Gasteiger partial charge in [-0.25, -0.2) is 20.0 Å². The number of fused-ring (bicyclic) bond motifs is 1. The topological polar surface area (TPSA) is 156 Å². The van der Waals surface area contributed by atoms with E-state index < -0.39 is 25.1 Å². The first-order chi connectivity index (χ1) is 16.0. The van der Waals surface area contributed by atoms with Crippen LogP contribution in [0.25, 0.3) is 11.2 Å². The highest BCUT2D eigenvalue weighted by molar-refractivity contribution is 7.56. The number of hydrogen-bond donors (Lipinski definition) is 2. The molecule has 2 heterocycles. The number of anilines is 1. The third kappa shape index (κ3) is 6.74. The van der Waals surface area contributed by atoms with Crippen molar-refractivity contribution >= 4 is 36.2 Å². The van der Waals surface area contributed by atoms with Gasteiger partial charge in [0.1, 0.15) is 23.7 Å². The summed E-state index contributed by atoms with van der Waals surface area (Å²) in [5, 5.41) is 6.94. The summed E-state index contributed by atoms with van der Waals surface area (Å²) >= 11 is 0. The lowest BCUT2D eigenvalue weighted by molar-refractivity contribution is -0.153. The Morgan fingerprint density at radius 2 is 1.97 bits per heavy atom. The minimum Gasteiger partial charge on any atom is -0.462 e. The standard InChI is InChI=1S/C21H34N7O5P/c1-14(2)32-20(29)21(4,5)27-34(30,33-26-16-8-6-7-9-16)13-31-15(3)10-28-12-25-17-18(22)23-11-24-19(17)28/h11-12,14-15H,6-10,13H2,1-5H3,(H,27,30)(H2,22,23,24)/t15-,34-/m1/s1. The number of rotatable bonds is 11. The van der Waals surface area contributed by atoms with E-state index >= 15 is 0 Å². The predicted molar refractivity (Wildman–Crippen MR) is 128 cm³/mol. The van der Waals surface area contributed by atoms with Gasteiger partial charge in [0.2, 0.25) is 0 Å². The Morgan fingerprint density at radius 3 is 2.65 bits per heavy atom. The number of nitrogens with zero attached hydrogens (tertiary/aromatic N) is 5. The lowest BCUT2D eigenvalue weighted by Gasteiger charge is -2.29.